The van der Waals surface area contributed by atoms with Crippen LogP contribution in [-0.4, -0.2) is 4.98 Å². The van der Waals surface area contributed by atoms with Gasteiger partial charge in [-0.05, 0) is 76.9 Å². The van der Waals surface area contributed by atoms with Crippen molar-refractivity contribution in [3.63, 3.8) is 0 Å². The first-order valence-corrected chi connectivity index (χ1v) is 16.7. The van der Waals surface area contributed by atoms with Gasteiger partial charge in [0.25, 0.3) is 0 Å². The Labute approximate surface area is 269 Å². The maximum absolute atomic E-state index is 5.30. The SMILES string of the molecule is c1ccc(-c2ccc(-c3ccc(N(c4ccc5sc6ccccc6c5c4)c4ccc5sc6ccccc6c5n4)cc3)cc2)cc1. The van der Waals surface area contributed by atoms with Gasteiger partial charge >= 0.3 is 0 Å². The topological polar surface area (TPSA) is 16.1 Å². The first-order chi connectivity index (χ1) is 22.3. The number of rotatable bonds is 5. The molecule has 0 N–H and O–H groups in total. The van der Waals surface area contributed by atoms with Gasteiger partial charge in [0.15, 0.2) is 0 Å². The molecule has 3 heterocycles. The minimum absolute atomic E-state index is 0.907. The van der Waals surface area contributed by atoms with E-state index in [1.807, 2.05) is 11.3 Å². The number of thiophene rings is 2. The summed E-state index contributed by atoms with van der Waals surface area (Å²) in [4.78, 5) is 7.60. The van der Waals surface area contributed by atoms with Gasteiger partial charge in [-0.25, -0.2) is 4.98 Å². The Kier molecular flexibility index (Phi) is 6.22. The standard InChI is InChI=1S/C41H26N2S2/c1-2-8-27(9-3-1)28-14-16-29(17-15-28)30-18-20-31(21-19-30)43(32-22-23-38-35(26-32)33-10-4-6-12-36(33)44-38)40-25-24-39-41(42-40)34-11-5-7-13-37(34)45-39/h1-26H. The molecular weight excluding hydrogens is 585 g/mol. The lowest BCUT2D eigenvalue weighted by molar-refractivity contribution is 1.22. The average Bonchev–Trinajstić information content (AvgIpc) is 3.67. The van der Waals surface area contributed by atoms with Gasteiger partial charge in [-0.2, -0.15) is 0 Å². The Morgan fingerprint density at radius 2 is 0.889 bits per heavy atom. The summed E-state index contributed by atoms with van der Waals surface area (Å²) in [6, 6.07) is 56.6. The van der Waals surface area contributed by atoms with Crippen molar-refractivity contribution in [2.45, 2.75) is 0 Å². The lowest BCUT2D eigenvalue weighted by Crippen LogP contribution is -2.11. The minimum atomic E-state index is 0.907. The summed E-state index contributed by atoms with van der Waals surface area (Å²) in [6.45, 7) is 0. The third-order valence-corrected chi connectivity index (χ3v) is 10.8. The smallest absolute Gasteiger partial charge is 0.138 e. The fourth-order valence-electron chi connectivity index (χ4n) is 6.26. The minimum Gasteiger partial charge on any atom is -0.295 e. The molecule has 0 amide bonds. The third-order valence-electron chi connectivity index (χ3n) is 8.50. The number of hydrogen-bond donors (Lipinski definition) is 0. The van der Waals surface area contributed by atoms with Crippen molar-refractivity contribution in [2.24, 2.45) is 0 Å². The second kappa shape index (κ2) is 10.7. The Balaban J connectivity index is 1.16. The molecule has 9 aromatic rings. The van der Waals surface area contributed by atoms with Crippen LogP contribution < -0.4 is 4.90 Å². The highest BCUT2D eigenvalue weighted by molar-refractivity contribution is 7.26. The van der Waals surface area contributed by atoms with Gasteiger partial charge < -0.3 is 0 Å². The Morgan fingerprint density at radius 1 is 0.378 bits per heavy atom. The first-order valence-electron chi connectivity index (χ1n) is 15.0. The van der Waals surface area contributed by atoms with Crippen molar-refractivity contribution in [1.29, 1.82) is 0 Å². The zero-order valence-corrected chi connectivity index (χ0v) is 25.9. The van der Waals surface area contributed by atoms with E-state index in [1.54, 1.807) is 11.3 Å². The van der Waals surface area contributed by atoms with E-state index in [1.165, 1.54) is 57.2 Å². The molecule has 0 radical (unpaired) electrons. The number of anilines is 3. The Hall–Kier alpha value is -5.29. The van der Waals surface area contributed by atoms with Crippen molar-refractivity contribution in [1.82, 2.24) is 4.98 Å². The number of pyridine rings is 1. The van der Waals surface area contributed by atoms with Crippen molar-refractivity contribution in [2.75, 3.05) is 4.90 Å². The van der Waals surface area contributed by atoms with Gasteiger partial charge in [0, 0.05) is 41.6 Å². The largest absolute Gasteiger partial charge is 0.295 e. The predicted octanol–water partition coefficient (Wildman–Crippen LogP) is 12.6. The fraction of sp³-hybridized carbons (Fsp3) is 0. The maximum atomic E-state index is 5.30. The summed E-state index contributed by atoms with van der Waals surface area (Å²) in [7, 11) is 0. The van der Waals surface area contributed by atoms with E-state index in [9.17, 15) is 0 Å². The molecule has 0 aliphatic carbocycles. The van der Waals surface area contributed by atoms with E-state index < -0.39 is 0 Å². The van der Waals surface area contributed by atoms with Crippen LogP contribution in [0.5, 0.6) is 0 Å². The van der Waals surface area contributed by atoms with Crippen LogP contribution in [-0.2, 0) is 0 Å². The van der Waals surface area contributed by atoms with Crippen molar-refractivity contribution >= 4 is 80.3 Å². The molecule has 3 aromatic heterocycles. The number of nitrogens with zero attached hydrogens (tertiary/aromatic N) is 2. The number of benzene rings is 6. The zero-order chi connectivity index (χ0) is 29.7. The lowest BCUT2D eigenvalue weighted by atomic mass is 10.00. The number of fused-ring (bicyclic) bond motifs is 6. The predicted molar refractivity (Wildman–Crippen MR) is 196 cm³/mol. The molecule has 0 aliphatic rings. The van der Waals surface area contributed by atoms with E-state index in [4.69, 9.17) is 4.98 Å². The second-order valence-electron chi connectivity index (χ2n) is 11.2. The van der Waals surface area contributed by atoms with Gasteiger partial charge in [-0.15, -0.1) is 22.7 Å². The molecule has 2 nitrogen and oxygen atoms in total. The quantitative estimate of drug-likeness (QED) is 0.193. The van der Waals surface area contributed by atoms with Gasteiger partial charge in [0.2, 0.25) is 0 Å². The Morgan fingerprint density at radius 3 is 1.62 bits per heavy atom. The Bertz CT molecular complexity index is 2360. The van der Waals surface area contributed by atoms with E-state index >= 15 is 0 Å². The van der Waals surface area contributed by atoms with Crippen molar-refractivity contribution in [3.8, 4) is 22.3 Å². The monoisotopic (exact) mass is 610 g/mol. The third kappa shape index (κ3) is 4.58. The highest BCUT2D eigenvalue weighted by atomic mass is 32.1. The normalized spacial score (nSPS) is 11.6. The van der Waals surface area contributed by atoms with Crippen molar-refractivity contribution < 1.29 is 0 Å². The molecule has 0 spiro atoms. The molecule has 6 aromatic carbocycles. The van der Waals surface area contributed by atoms with Crippen LogP contribution in [0.4, 0.5) is 17.2 Å². The molecule has 0 bridgehead atoms. The fourth-order valence-corrected chi connectivity index (χ4v) is 8.39. The summed E-state index contributed by atoms with van der Waals surface area (Å²) >= 11 is 3.64. The zero-order valence-electron chi connectivity index (χ0n) is 24.2. The molecule has 0 aliphatic heterocycles. The van der Waals surface area contributed by atoms with Gasteiger partial charge in [-0.1, -0.05) is 103 Å². The average molecular weight is 611 g/mol. The lowest BCUT2D eigenvalue weighted by Gasteiger charge is -2.25. The van der Waals surface area contributed by atoms with E-state index in [-0.39, 0.29) is 0 Å². The van der Waals surface area contributed by atoms with Crippen LogP contribution in [0.3, 0.4) is 0 Å². The molecule has 0 fully saturated rings. The molecule has 9 rings (SSSR count). The number of hydrogen-bond acceptors (Lipinski definition) is 4. The molecule has 45 heavy (non-hydrogen) atoms. The molecule has 0 saturated carbocycles. The summed E-state index contributed by atoms with van der Waals surface area (Å²) < 4.78 is 5.07. The first kappa shape index (κ1) is 26.1. The highest BCUT2D eigenvalue weighted by Crippen LogP contribution is 2.42. The van der Waals surface area contributed by atoms with Crippen LogP contribution in [0.15, 0.2) is 158 Å². The van der Waals surface area contributed by atoms with E-state index in [0.717, 1.165) is 22.7 Å². The van der Waals surface area contributed by atoms with Crippen LogP contribution in [0, 0.1) is 0 Å². The molecule has 0 atom stereocenters. The van der Waals surface area contributed by atoms with Crippen LogP contribution in [0.1, 0.15) is 0 Å². The van der Waals surface area contributed by atoms with E-state index in [2.05, 4.69) is 163 Å². The summed E-state index contributed by atoms with van der Waals surface area (Å²) in [5.74, 6) is 0.907. The maximum Gasteiger partial charge on any atom is 0.138 e. The molecule has 212 valence electrons. The van der Waals surface area contributed by atoms with Gasteiger partial charge in [0.1, 0.15) is 5.82 Å². The molecule has 4 heteroatoms. The number of aromatic nitrogens is 1. The van der Waals surface area contributed by atoms with Gasteiger partial charge in [-0.3, -0.25) is 4.90 Å². The van der Waals surface area contributed by atoms with Crippen LogP contribution in [0.2, 0.25) is 0 Å². The van der Waals surface area contributed by atoms with Crippen molar-refractivity contribution in [3.05, 3.63) is 158 Å². The molecule has 0 saturated heterocycles. The summed E-state index contributed by atoms with van der Waals surface area (Å²) in [5, 5.41) is 3.77. The second-order valence-corrected chi connectivity index (χ2v) is 13.4. The molecule has 0 unspecified atom stereocenters. The highest BCUT2D eigenvalue weighted by Gasteiger charge is 2.18. The molecular formula is C41H26N2S2. The van der Waals surface area contributed by atoms with Gasteiger partial charge in [0.05, 0.1) is 10.2 Å². The van der Waals surface area contributed by atoms with Crippen LogP contribution in [0.25, 0.3) is 62.7 Å². The summed E-state index contributed by atoms with van der Waals surface area (Å²) in [5.41, 5.74) is 8.06. The summed E-state index contributed by atoms with van der Waals surface area (Å²) in [6.07, 6.45) is 0. The van der Waals surface area contributed by atoms with Crippen LogP contribution >= 0.6 is 22.7 Å². The van der Waals surface area contributed by atoms with E-state index in [0.29, 0.717) is 0 Å².